The number of hydrogen-bond acceptors (Lipinski definition) is 5. The molecule has 0 heterocycles. The van der Waals surface area contributed by atoms with Crippen LogP contribution in [0.1, 0.15) is 84.0 Å². The fourth-order valence-electron chi connectivity index (χ4n) is 3.66. The molecule has 4 N–H and O–H groups in total. The lowest BCUT2D eigenvalue weighted by molar-refractivity contribution is -0.146. The van der Waals surface area contributed by atoms with Crippen molar-refractivity contribution in [1.82, 2.24) is 15.5 Å². The van der Waals surface area contributed by atoms with Crippen LogP contribution in [0.2, 0.25) is 0 Å². The summed E-state index contributed by atoms with van der Waals surface area (Å²) in [6, 6.07) is 2.90. The van der Waals surface area contributed by atoms with E-state index in [0.717, 1.165) is 11.1 Å². The predicted octanol–water partition coefficient (Wildman–Crippen LogP) is 3.26. The summed E-state index contributed by atoms with van der Waals surface area (Å²) in [6.07, 6.45) is -0.746. The molecule has 196 valence electrons. The van der Waals surface area contributed by atoms with Crippen LogP contribution < -0.4 is 16.4 Å². The molecular weight excluding hydrogens is 448 g/mol. The Bertz CT molecular complexity index is 923. The number of carbonyl (C=O) groups is 4. The number of hydrogen-bond donors (Lipinski definition) is 3. The molecule has 0 saturated heterocycles. The lowest BCUT2D eigenvalue weighted by Gasteiger charge is -2.39. The van der Waals surface area contributed by atoms with E-state index in [4.69, 9.17) is 10.5 Å². The molecule has 9 heteroatoms. The SMILES string of the molecule is CCC(C)N(C(=O)C(CC(N)=O)NC(=O)OC(C)(C)C)C(C(=O)NC(C)C)c1cc(C)ccc1C. The number of aryl methyl sites for hydroxylation is 2. The van der Waals surface area contributed by atoms with Crippen molar-refractivity contribution in [3.63, 3.8) is 0 Å². The molecular formula is C26H42N4O5. The van der Waals surface area contributed by atoms with Gasteiger partial charge in [0.1, 0.15) is 17.7 Å². The summed E-state index contributed by atoms with van der Waals surface area (Å²) in [5, 5.41) is 5.41. The topological polar surface area (TPSA) is 131 Å². The van der Waals surface area contributed by atoms with E-state index in [1.54, 1.807) is 20.8 Å². The van der Waals surface area contributed by atoms with Crippen molar-refractivity contribution in [1.29, 1.82) is 0 Å². The van der Waals surface area contributed by atoms with E-state index >= 15 is 0 Å². The van der Waals surface area contributed by atoms with Crippen molar-refractivity contribution in [3.8, 4) is 0 Å². The number of nitrogens with one attached hydrogen (secondary N) is 2. The predicted molar refractivity (Wildman–Crippen MR) is 136 cm³/mol. The third-order valence-corrected chi connectivity index (χ3v) is 5.40. The van der Waals surface area contributed by atoms with Crippen LogP contribution in [0.25, 0.3) is 0 Å². The molecule has 9 nitrogen and oxygen atoms in total. The Hall–Kier alpha value is -3.10. The standard InChI is InChI=1S/C26H42N4O5/c1-10-18(6)30(24(33)20(14-21(27)31)29-25(34)35-26(7,8)9)22(23(32)28-15(2)3)19-13-16(4)11-12-17(19)5/h11-13,15,18,20,22H,10,14H2,1-9H3,(H2,27,31)(H,28,32)(H,29,34). The Morgan fingerprint density at radius 3 is 2.14 bits per heavy atom. The zero-order valence-electron chi connectivity index (χ0n) is 22.5. The molecule has 0 bridgehead atoms. The molecule has 1 aromatic rings. The van der Waals surface area contributed by atoms with Gasteiger partial charge in [-0.15, -0.1) is 0 Å². The summed E-state index contributed by atoms with van der Waals surface area (Å²) in [4.78, 5) is 53.3. The maximum absolute atomic E-state index is 13.9. The van der Waals surface area contributed by atoms with Crippen molar-refractivity contribution < 1.29 is 23.9 Å². The Morgan fingerprint density at radius 1 is 1.06 bits per heavy atom. The summed E-state index contributed by atoms with van der Waals surface area (Å²) in [7, 11) is 0. The highest BCUT2D eigenvalue weighted by Crippen LogP contribution is 2.29. The molecule has 1 aromatic carbocycles. The molecule has 3 unspecified atom stereocenters. The second-order valence-corrected chi connectivity index (χ2v) is 10.3. The van der Waals surface area contributed by atoms with Crippen molar-refractivity contribution >= 4 is 23.8 Å². The Kier molecular flexibility index (Phi) is 10.7. The fourth-order valence-corrected chi connectivity index (χ4v) is 3.66. The van der Waals surface area contributed by atoms with Crippen LogP contribution in [0.5, 0.6) is 0 Å². The smallest absolute Gasteiger partial charge is 0.408 e. The largest absolute Gasteiger partial charge is 0.444 e. The van der Waals surface area contributed by atoms with Crippen molar-refractivity contribution in [3.05, 3.63) is 34.9 Å². The average Bonchev–Trinajstić information content (AvgIpc) is 2.70. The quantitative estimate of drug-likeness (QED) is 0.463. The van der Waals surface area contributed by atoms with E-state index in [1.807, 2.05) is 59.7 Å². The molecule has 3 atom stereocenters. The molecule has 0 spiro atoms. The van der Waals surface area contributed by atoms with Crippen LogP contribution in [0.15, 0.2) is 18.2 Å². The number of alkyl carbamates (subject to hydrolysis) is 1. The summed E-state index contributed by atoms with van der Waals surface area (Å²) in [5.74, 6) is -1.70. The second kappa shape index (κ2) is 12.6. The number of primary amides is 1. The molecule has 35 heavy (non-hydrogen) atoms. The first kappa shape index (κ1) is 29.9. The number of nitrogens with zero attached hydrogens (tertiary/aromatic N) is 1. The van der Waals surface area contributed by atoms with Gasteiger partial charge in [-0.25, -0.2) is 4.79 Å². The van der Waals surface area contributed by atoms with E-state index < -0.39 is 42.0 Å². The lowest BCUT2D eigenvalue weighted by atomic mass is 9.94. The van der Waals surface area contributed by atoms with E-state index in [1.165, 1.54) is 4.90 Å². The number of amides is 4. The number of benzene rings is 1. The monoisotopic (exact) mass is 490 g/mol. The third-order valence-electron chi connectivity index (χ3n) is 5.40. The first-order valence-corrected chi connectivity index (χ1v) is 12.0. The van der Waals surface area contributed by atoms with Crippen molar-refractivity contribution in [2.75, 3.05) is 0 Å². The molecule has 0 aromatic heterocycles. The summed E-state index contributed by atoms with van der Waals surface area (Å²) in [5.41, 5.74) is 7.06. The zero-order valence-corrected chi connectivity index (χ0v) is 22.5. The zero-order chi connectivity index (χ0) is 27.1. The highest BCUT2D eigenvalue weighted by molar-refractivity contribution is 5.95. The Morgan fingerprint density at radius 2 is 1.66 bits per heavy atom. The van der Waals surface area contributed by atoms with E-state index in [-0.39, 0.29) is 18.0 Å². The first-order chi connectivity index (χ1) is 16.1. The van der Waals surface area contributed by atoms with Gasteiger partial charge in [0, 0.05) is 12.1 Å². The number of nitrogens with two attached hydrogens (primary N) is 1. The molecule has 4 amide bonds. The highest BCUT2D eigenvalue weighted by atomic mass is 16.6. The van der Waals surface area contributed by atoms with Crippen molar-refractivity contribution in [2.45, 2.75) is 105 Å². The number of carbonyl (C=O) groups excluding carboxylic acids is 4. The lowest BCUT2D eigenvalue weighted by Crippen LogP contribution is -2.56. The summed E-state index contributed by atoms with van der Waals surface area (Å²) >= 11 is 0. The highest BCUT2D eigenvalue weighted by Gasteiger charge is 2.39. The number of ether oxygens (including phenoxy) is 1. The Balaban J connectivity index is 3.62. The third kappa shape index (κ3) is 9.22. The second-order valence-electron chi connectivity index (χ2n) is 10.3. The summed E-state index contributed by atoms with van der Waals surface area (Å²) < 4.78 is 5.29. The molecule has 0 aliphatic carbocycles. The normalized spacial score (nSPS) is 14.0. The minimum absolute atomic E-state index is 0.162. The number of rotatable bonds is 10. The van der Waals surface area contributed by atoms with Gasteiger partial charge in [0.2, 0.25) is 17.7 Å². The first-order valence-electron chi connectivity index (χ1n) is 12.0. The minimum atomic E-state index is -1.30. The van der Waals surface area contributed by atoms with Gasteiger partial charge in [0.15, 0.2) is 0 Å². The van der Waals surface area contributed by atoms with Crippen LogP contribution in [0.3, 0.4) is 0 Å². The van der Waals surface area contributed by atoms with E-state index in [0.29, 0.717) is 12.0 Å². The van der Waals surface area contributed by atoms with Crippen LogP contribution in [-0.2, 0) is 19.1 Å². The van der Waals surface area contributed by atoms with E-state index in [9.17, 15) is 19.2 Å². The molecule has 0 radical (unpaired) electrons. The van der Waals surface area contributed by atoms with Gasteiger partial charge in [0.25, 0.3) is 0 Å². The molecule has 0 fully saturated rings. The van der Waals surface area contributed by atoms with Gasteiger partial charge in [-0.3, -0.25) is 14.4 Å². The van der Waals surface area contributed by atoms with Crippen LogP contribution in [0, 0.1) is 13.8 Å². The molecule has 0 aliphatic heterocycles. The molecule has 0 aliphatic rings. The van der Waals surface area contributed by atoms with Gasteiger partial charge < -0.3 is 26.0 Å². The van der Waals surface area contributed by atoms with Crippen LogP contribution in [0.4, 0.5) is 4.79 Å². The fraction of sp³-hybridized carbons (Fsp3) is 0.615. The van der Waals surface area contributed by atoms with Crippen molar-refractivity contribution in [2.24, 2.45) is 5.73 Å². The molecule has 0 saturated carbocycles. The van der Waals surface area contributed by atoms with E-state index in [2.05, 4.69) is 10.6 Å². The molecule has 1 rings (SSSR count). The van der Waals surface area contributed by atoms with Gasteiger partial charge in [-0.1, -0.05) is 30.7 Å². The maximum atomic E-state index is 13.9. The average molecular weight is 491 g/mol. The Labute approximate surface area is 209 Å². The minimum Gasteiger partial charge on any atom is -0.444 e. The van der Waals surface area contributed by atoms with Crippen LogP contribution >= 0.6 is 0 Å². The van der Waals surface area contributed by atoms with Gasteiger partial charge in [0.05, 0.1) is 6.42 Å². The van der Waals surface area contributed by atoms with Gasteiger partial charge >= 0.3 is 6.09 Å². The maximum Gasteiger partial charge on any atom is 0.408 e. The van der Waals surface area contributed by atoms with Crippen LogP contribution in [-0.4, -0.2) is 52.4 Å². The summed E-state index contributed by atoms with van der Waals surface area (Å²) in [6.45, 7) is 16.3. The van der Waals surface area contributed by atoms with Gasteiger partial charge in [-0.05, 0) is 72.9 Å². The van der Waals surface area contributed by atoms with Gasteiger partial charge in [-0.2, -0.15) is 0 Å².